The number of nitrogens with zero attached hydrogens (tertiary/aromatic N) is 3. The van der Waals surface area contributed by atoms with Gasteiger partial charge in [-0.05, 0) is 24.3 Å². The smallest absolute Gasteiger partial charge is 0.250 e. The summed E-state index contributed by atoms with van der Waals surface area (Å²) in [5, 5.41) is 4.47. The summed E-state index contributed by atoms with van der Waals surface area (Å²) in [5.74, 6) is 1.24. The number of aromatic nitrogens is 2. The second-order valence-corrected chi connectivity index (χ2v) is 5.16. The Morgan fingerprint density at radius 1 is 1.30 bits per heavy atom. The summed E-state index contributed by atoms with van der Waals surface area (Å²) in [7, 11) is 3.14. The van der Waals surface area contributed by atoms with E-state index in [1.807, 2.05) is 0 Å². The SMILES string of the molecule is COc1ccc(OC)c(/C=N\NC(=O)CSc2ncccn2)c1. The van der Waals surface area contributed by atoms with Crippen LogP contribution in [0.2, 0.25) is 0 Å². The molecule has 1 aromatic carbocycles. The fourth-order valence-corrected chi connectivity index (χ4v) is 2.23. The lowest BCUT2D eigenvalue weighted by molar-refractivity contribution is -0.118. The van der Waals surface area contributed by atoms with E-state index in [1.54, 1.807) is 50.9 Å². The van der Waals surface area contributed by atoms with E-state index < -0.39 is 0 Å². The van der Waals surface area contributed by atoms with Gasteiger partial charge in [-0.15, -0.1) is 0 Å². The van der Waals surface area contributed by atoms with Gasteiger partial charge in [-0.1, -0.05) is 11.8 Å². The van der Waals surface area contributed by atoms with E-state index in [-0.39, 0.29) is 11.7 Å². The number of nitrogens with one attached hydrogen (secondary N) is 1. The van der Waals surface area contributed by atoms with Crippen LogP contribution in [0.5, 0.6) is 11.5 Å². The van der Waals surface area contributed by atoms with Gasteiger partial charge in [0.2, 0.25) is 0 Å². The number of hydrogen-bond acceptors (Lipinski definition) is 7. The summed E-state index contributed by atoms with van der Waals surface area (Å²) in [6, 6.07) is 7.03. The zero-order valence-corrected chi connectivity index (χ0v) is 13.5. The van der Waals surface area contributed by atoms with Crippen LogP contribution >= 0.6 is 11.8 Å². The van der Waals surface area contributed by atoms with Gasteiger partial charge in [-0.3, -0.25) is 4.79 Å². The Morgan fingerprint density at radius 2 is 2.09 bits per heavy atom. The van der Waals surface area contributed by atoms with Crippen molar-refractivity contribution in [1.29, 1.82) is 0 Å². The summed E-state index contributed by atoms with van der Waals surface area (Å²) in [5.41, 5.74) is 3.15. The van der Waals surface area contributed by atoms with E-state index in [4.69, 9.17) is 9.47 Å². The molecule has 0 saturated heterocycles. The lowest BCUT2D eigenvalue weighted by Crippen LogP contribution is -2.19. The summed E-state index contributed by atoms with van der Waals surface area (Å²) in [4.78, 5) is 19.8. The molecule has 1 aromatic heterocycles. The van der Waals surface area contributed by atoms with Crippen LogP contribution < -0.4 is 14.9 Å². The van der Waals surface area contributed by atoms with Crippen molar-refractivity contribution in [2.45, 2.75) is 5.16 Å². The maximum Gasteiger partial charge on any atom is 0.250 e. The summed E-state index contributed by atoms with van der Waals surface area (Å²) >= 11 is 1.24. The maximum atomic E-state index is 11.7. The first-order valence-electron chi connectivity index (χ1n) is 6.66. The van der Waals surface area contributed by atoms with E-state index in [0.717, 1.165) is 0 Å². The molecule has 8 heteroatoms. The summed E-state index contributed by atoms with van der Waals surface area (Å²) < 4.78 is 10.4. The van der Waals surface area contributed by atoms with E-state index >= 15 is 0 Å². The van der Waals surface area contributed by atoms with E-state index in [2.05, 4.69) is 20.5 Å². The molecule has 0 bridgehead atoms. The molecule has 1 N–H and O–H groups in total. The van der Waals surface area contributed by atoms with Crippen LogP contribution in [0.4, 0.5) is 0 Å². The maximum absolute atomic E-state index is 11.7. The topological polar surface area (TPSA) is 85.7 Å². The fraction of sp³-hybridized carbons (Fsp3) is 0.200. The Labute approximate surface area is 138 Å². The van der Waals surface area contributed by atoms with E-state index in [1.165, 1.54) is 18.0 Å². The molecular formula is C15H16N4O3S. The van der Waals surface area contributed by atoms with Crippen LogP contribution in [-0.2, 0) is 4.79 Å². The first kappa shape index (κ1) is 16.8. The highest BCUT2D eigenvalue weighted by atomic mass is 32.2. The second kappa shape index (κ2) is 8.74. The van der Waals surface area contributed by atoms with Crippen LogP contribution in [0.25, 0.3) is 0 Å². The molecule has 0 aliphatic heterocycles. The second-order valence-electron chi connectivity index (χ2n) is 4.22. The van der Waals surface area contributed by atoms with Gasteiger partial charge in [0, 0.05) is 18.0 Å². The molecule has 0 aliphatic carbocycles. The Bertz CT molecular complexity index is 680. The Balaban J connectivity index is 1.89. The fourth-order valence-electron chi connectivity index (χ4n) is 1.64. The van der Waals surface area contributed by atoms with Crippen LogP contribution in [-0.4, -0.2) is 42.1 Å². The normalized spacial score (nSPS) is 10.5. The first-order chi connectivity index (χ1) is 11.2. The molecule has 1 amide bonds. The highest BCUT2D eigenvalue weighted by Crippen LogP contribution is 2.22. The van der Waals surface area contributed by atoms with Gasteiger partial charge in [-0.2, -0.15) is 5.10 Å². The van der Waals surface area contributed by atoms with Crippen LogP contribution in [0, 0.1) is 0 Å². The summed E-state index contributed by atoms with van der Waals surface area (Å²) in [6.07, 6.45) is 4.75. The number of hydrogen-bond donors (Lipinski definition) is 1. The molecule has 0 aliphatic rings. The molecule has 0 spiro atoms. The van der Waals surface area contributed by atoms with Gasteiger partial charge in [0.15, 0.2) is 5.16 Å². The molecular weight excluding hydrogens is 316 g/mol. The highest BCUT2D eigenvalue weighted by Gasteiger charge is 2.05. The van der Waals surface area contributed by atoms with Crippen molar-refractivity contribution >= 4 is 23.9 Å². The molecule has 0 saturated carbocycles. The molecule has 2 rings (SSSR count). The molecule has 0 radical (unpaired) electrons. The van der Waals surface area contributed by atoms with E-state index in [9.17, 15) is 4.79 Å². The van der Waals surface area contributed by atoms with Crippen LogP contribution in [0.1, 0.15) is 5.56 Å². The highest BCUT2D eigenvalue weighted by molar-refractivity contribution is 7.99. The van der Waals surface area contributed by atoms with E-state index in [0.29, 0.717) is 22.2 Å². The lowest BCUT2D eigenvalue weighted by atomic mass is 10.2. The van der Waals surface area contributed by atoms with Gasteiger partial charge in [0.25, 0.3) is 5.91 Å². The van der Waals surface area contributed by atoms with Crippen molar-refractivity contribution in [1.82, 2.24) is 15.4 Å². The van der Waals surface area contributed by atoms with Gasteiger partial charge < -0.3 is 9.47 Å². The number of carbonyl (C=O) groups excluding carboxylic acids is 1. The number of ether oxygens (including phenoxy) is 2. The molecule has 120 valence electrons. The number of carbonyl (C=O) groups is 1. The molecule has 0 unspecified atom stereocenters. The number of methoxy groups -OCH3 is 2. The predicted molar refractivity (Wildman–Crippen MR) is 88.0 cm³/mol. The van der Waals surface area contributed by atoms with Gasteiger partial charge in [0.1, 0.15) is 11.5 Å². The zero-order valence-electron chi connectivity index (χ0n) is 12.7. The standard InChI is InChI=1S/C15H16N4O3S/c1-21-12-4-5-13(22-2)11(8-12)9-18-19-14(20)10-23-15-16-6-3-7-17-15/h3-9H,10H2,1-2H3,(H,19,20)/b18-9-. The third-order valence-electron chi connectivity index (χ3n) is 2.70. The third-order valence-corrected chi connectivity index (χ3v) is 3.58. The minimum Gasteiger partial charge on any atom is -0.497 e. The average Bonchev–Trinajstić information content (AvgIpc) is 2.60. The number of amides is 1. The molecule has 2 aromatic rings. The molecule has 1 heterocycles. The lowest BCUT2D eigenvalue weighted by Gasteiger charge is -2.06. The van der Waals surface area contributed by atoms with Crippen molar-refractivity contribution in [3.8, 4) is 11.5 Å². The Hall–Kier alpha value is -2.61. The van der Waals surface area contributed by atoms with Gasteiger partial charge in [-0.25, -0.2) is 15.4 Å². The van der Waals surface area contributed by atoms with Crippen molar-refractivity contribution in [3.63, 3.8) is 0 Å². The molecule has 0 fully saturated rings. The van der Waals surface area contributed by atoms with Gasteiger partial charge in [0.05, 0.1) is 26.2 Å². The molecule has 0 atom stereocenters. The molecule has 23 heavy (non-hydrogen) atoms. The van der Waals surface area contributed by atoms with Crippen molar-refractivity contribution < 1.29 is 14.3 Å². The van der Waals surface area contributed by atoms with Gasteiger partial charge >= 0.3 is 0 Å². The predicted octanol–water partition coefficient (Wildman–Crippen LogP) is 1.74. The molecule has 7 nitrogen and oxygen atoms in total. The zero-order chi connectivity index (χ0) is 16.5. The third kappa shape index (κ3) is 5.26. The van der Waals surface area contributed by atoms with Crippen LogP contribution in [0.3, 0.4) is 0 Å². The van der Waals surface area contributed by atoms with Crippen molar-refractivity contribution in [2.75, 3.05) is 20.0 Å². The quantitative estimate of drug-likeness (QED) is 0.360. The number of hydrazone groups is 1. The minimum atomic E-state index is -0.249. The van der Waals surface area contributed by atoms with Crippen molar-refractivity contribution in [3.05, 3.63) is 42.2 Å². The monoisotopic (exact) mass is 332 g/mol. The van der Waals surface area contributed by atoms with Crippen LogP contribution in [0.15, 0.2) is 46.9 Å². The summed E-state index contributed by atoms with van der Waals surface area (Å²) in [6.45, 7) is 0. The number of thioether (sulfide) groups is 1. The minimum absolute atomic E-state index is 0.177. The average molecular weight is 332 g/mol. The Kier molecular flexibility index (Phi) is 6.37. The first-order valence-corrected chi connectivity index (χ1v) is 7.65. The number of benzene rings is 1. The largest absolute Gasteiger partial charge is 0.497 e. The van der Waals surface area contributed by atoms with Crippen molar-refractivity contribution in [2.24, 2.45) is 5.10 Å². The number of rotatable bonds is 7. The Morgan fingerprint density at radius 3 is 2.78 bits per heavy atom.